The highest BCUT2D eigenvalue weighted by Crippen LogP contribution is 2.42. The molecule has 1 radical (unpaired) electrons. The lowest BCUT2D eigenvalue weighted by molar-refractivity contribution is -0.274. The zero-order valence-corrected chi connectivity index (χ0v) is 15.6. The Morgan fingerprint density at radius 3 is 1.81 bits per heavy atom. The van der Waals surface area contributed by atoms with Crippen molar-refractivity contribution in [2.24, 2.45) is 0 Å². The number of ether oxygens (including phenoxy) is 2. The summed E-state index contributed by atoms with van der Waals surface area (Å²) in [5, 5.41) is 12.1. The van der Waals surface area contributed by atoms with Crippen molar-refractivity contribution in [3.63, 3.8) is 0 Å². The van der Waals surface area contributed by atoms with E-state index in [1.54, 1.807) is 6.92 Å². The molecule has 0 bridgehead atoms. The molecule has 0 aliphatic carbocycles. The van der Waals surface area contributed by atoms with Crippen LogP contribution in [0.2, 0.25) is 0 Å². The van der Waals surface area contributed by atoms with Crippen molar-refractivity contribution in [1.29, 1.82) is 0 Å². The molecule has 31 heavy (non-hydrogen) atoms. The molecule has 0 aliphatic heterocycles. The van der Waals surface area contributed by atoms with Gasteiger partial charge in [0, 0.05) is 6.07 Å². The van der Waals surface area contributed by atoms with Crippen LogP contribution in [0.5, 0.6) is 17.2 Å². The molecule has 0 saturated heterocycles. The van der Waals surface area contributed by atoms with Gasteiger partial charge in [0.25, 0.3) is 0 Å². The maximum absolute atomic E-state index is 14.9. The van der Waals surface area contributed by atoms with Gasteiger partial charge in [-0.15, -0.1) is 13.2 Å². The van der Waals surface area contributed by atoms with Crippen LogP contribution < -0.4 is 9.47 Å². The van der Waals surface area contributed by atoms with Gasteiger partial charge in [0.2, 0.25) is 0 Å². The van der Waals surface area contributed by atoms with E-state index in [0.29, 0.717) is 24.3 Å². The highest BCUT2D eigenvalue weighted by Gasteiger charge is 2.43. The van der Waals surface area contributed by atoms with Gasteiger partial charge < -0.3 is 9.47 Å². The number of alkyl halides is 5. The molecule has 3 aromatic rings. The zero-order valence-electron chi connectivity index (χ0n) is 15.6. The van der Waals surface area contributed by atoms with Crippen LogP contribution in [0.15, 0.2) is 54.6 Å². The fraction of sp³-hybridized carbons (Fsp3) is 0.143. The average Bonchev–Trinajstić information content (AvgIpc) is 2.63. The molecular formula is C21H12F7O3. The highest BCUT2D eigenvalue weighted by atomic mass is 19.4. The molecule has 163 valence electrons. The molecule has 0 unspecified atom stereocenters. The number of rotatable bonds is 5. The van der Waals surface area contributed by atoms with E-state index in [-0.39, 0.29) is 11.6 Å². The minimum absolute atomic E-state index is 0.0428. The van der Waals surface area contributed by atoms with E-state index in [0.717, 1.165) is 5.56 Å². The van der Waals surface area contributed by atoms with Crippen molar-refractivity contribution in [3.05, 3.63) is 77.4 Å². The Hall–Kier alpha value is -3.43. The van der Waals surface area contributed by atoms with Crippen LogP contribution in [0.4, 0.5) is 30.7 Å². The smallest absolute Gasteiger partial charge is 0.429 e. The van der Waals surface area contributed by atoms with Crippen molar-refractivity contribution in [2.45, 2.75) is 19.4 Å². The monoisotopic (exact) mass is 445 g/mol. The molecule has 3 nitrogen and oxygen atoms in total. The minimum Gasteiger partial charge on any atom is -0.429 e. The Balaban J connectivity index is 1.97. The Bertz CT molecular complexity index is 1080. The number of hydrogen-bond donors (Lipinski definition) is 0. The summed E-state index contributed by atoms with van der Waals surface area (Å²) in [4.78, 5) is 0. The van der Waals surface area contributed by atoms with Gasteiger partial charge in [0.15, 0.2) is 11.6 Å². The van der Waals surface area contributed by atoms with E-state index in [1.807, 2.05) is 0 Å². The van der Waals surface area contributed by atoms with Crippen LogP contribution in [-0.4, -0.2) is 6.36 Å². The number of benzene rings is 3. The molecule has 0 heterocycles. The van der Waals surface area contributed by atoms with Crippen molar-refractivity contribution in [1.82, 2.24) is 0 Å². The molecule has 3 rings (SSSR count). The Morgan fingerprint density at radius 1 is 0.774 bits per heavy atom. The molecule has 0 amide bonds. The van der Waals surface area contributed by atoms with Gasteiger partial charge in [0.05, 0.1) is 5.56 Å². The van der Waals surface area contributed by atoms with E-state index in [9.17, 15) is 35.8 Å². The SMILES string of the molecule is Cc1ccc(-c2c([O])cc(F)c(C(F)(F)Oc3ccc(OC(F)(F)F)cc3)c2F)cc1. The first-order valence-electron chi connectivity index (χ1n) is 8.56. The quantitative estimate of drug-likeness (QED) is 0.393. The maximum atomic E-state index is 14.9. The molecule has 10 heteroatoms. The second-order valence-electron chi connectivity index (χ2n) is 6.42. The molecule has 0 aliphatic rings. The van der Waals surface area contributed by atoms with Crippen LogP contribution in [0.3, 0.4) is 0 Å². The van der Waals surface area contributed by atoms with Crippen LogP contribution in [0.1, 0.15) is 11.1 Å². The second kappa shape index (κ2) is 8.01. The molecule has 0 fully saturated rings. The van der Waals surface area contributed by atoms with Crippen LogP contribution in [-0.2, 0) is 11.2 Å². The van der Waals surface area contributed by atoms with Gasteiger partial charge in [-0.25, -0.2) is 8.78 Å². The average molecular weight is 445 g/mol. The van der Waals surface area contributed by atoms with Crippen molar-refractivity contribution < 1.29 is 45.3 Å². The highest BCUT2D eigenvalue weighted by molar-refractivity contribution is 5.72. The van der Waals surface area contributed by atoms with Crippen LogP contribution in [0.25, 0.3) is 11.1 Å². The lowest BCUT2D eigenvalue weighted by Gasteiger charge is -2.21. The van der Waals surface area contributed by atoms with Gasteiger partial charge >= 0.3 is 12.5 Å². The summed E-state index contributed by atoms with van der Waals surface area (Å²) in [5.41, 5.74) is -1.86. The predicted octanol–water partition coefficient (Wildman–Crippen LogP) is 7.11. The molecule has 0 N–H and O–H groups in total. The fourth-order valence-corrected chi connectivity index (χ4v) is 2.76. The van der Waals surface area contributed by atoms with Crippen molar-refractivity contribution >= 4 is 0 Å². The van der Waals surface area contributed by atoms with E-state index in [2.05, 4.69) is 9.47 Å². The normalized spacial score (nSPS) is 12.0. The third-order valence-corrected chi connectivity index (χ3v) is 4.12. The fourth-order valence-electron chi connectivity index (χ4n) is 2.76. The second-order valence-corrected chi connectivity index (χ2v) is 6.42. The lowest BCUT2D eigenvalue weighted by Crippen LogP contribution is -2.25. The first-order chi connectivity index (χ1) is 14.4. The first kappa shape index (κ1) is 22.3. The Labute approximate surface area is 171 Å². The summed E-state index contributed by atoms with van der Waals surface area (Å²) in [5.74, 6) is -6.19. The molecular weight excluding hydrogens is 433 g/mol. The summed E-state index contributed by atoms with van der Waals surface area (Å²) >= 11 is 0. The van der Waals surface area contributed by atoms with Crippen molar-refractivity contribution in [2.75, 3.05) is 0 Å². The van der Waals surface area contributed by atoms with E-state index in [4.69, 9.17) is 0 Å². The van der Waals surface area contributed by atoms with Crippen LogP contribution in [0, 0.1) is 18.6 Å². The number of aryl methyl sites for hydroxylation is 1. The van der Waals surface area contributed by atoms with E-state index >= 15 is 0 Å². The molecule has 0 saturated carbocycles. The topological polar surface area (TPSA) is 38.4 Å². The summed E-state index contributed by atoms with van der Waals surface area (Å²) in [6.45, 7) is 1.71. The number of halogens is 7. The van der Waals surface area contributed by atoms with Gasteiger partial charge in [-0.05, 0) is 36.8 Å². The molecule has 0 spiro atoms. The standard InChI is InChI=1S/C21H12F7O3/c1-11-2-4-12(5-3-11)17-16(29)10-15(22)18(19(17)23)20(24,25)30-13-6-8-14(9-7-13)31-21(26,27)28/h2-10H,1H3. The predicted molar refractivity (Wildman–Crippen MR) is 94.3 cm³/mol. The van der Waals surface area contributed by atoms with Crippen LogP contribution >= 0.6 is 0 Å². The number of hydrogen-bond acceptors (Lipinski definition) is 2. The van der Waals surface area contributed by atoms with E-state index in [1.165, 1.54) is 24.3 Å². The molecule has 0 atom stereocenters. The lowest BCUT2D eigenvalue weighted by atomic mass is 9.99. The van der Waals surface area contributed by atoms with Gasteiger partial charge in [-0.1, -0.05) is 29.8 Å². The zero-order chi connectivity index (χ0) is 23.0. The van der Waals surface area contributed by atoms with Gasteiger partial charge in [-0.2, -0.15) is 8.78 Å². The van der Waals surface area contributed by atoms with Crippen molar-refractivity contribution in [3.8, 4) is 28.4 Å². The molecule has 0 aromatic heterocycles. The maximum Gasteiger partial charge on any atom is 0.573 e. The third-order valence-electron chi connectivity index (χ3n) is 4.12. The Morgan fingerprint density at radius 2 is 1.29 bits per heavy atom. The summed E-state index contributed by atoms with van der Waals surface area (Å²) in [7, 11) is 0. The summed E-state index contributed by atoms with van der Waals surface area (Å²) in [6.07, 6.45) is -9.58. The molecule has 3 aromatic carbocycles. The Kier molecular flexibility index (Phi) is 5.75. The van der Waals surface area contributed by atoms with Gasteiger partial charge in [-0.3, -0.25) is 5.11 Å². The van der Waals surface area contributed by atoms with E-state index < -0.39 is 52.5 Å². The minimum atomic E-state index is -5.00. The van der Waals surface area contributed by atoms with Gasteiger partial charge in [0.1, 0.15) is 22.9 Å². The first-order valence-corrected chi connectivity index (χ1v) is 8.56. The third kappa shape index (κ3) is 5.01. The largest absolute Gasteiger partial charge is 0.573 e. The summed E-state index contributed by atoms with van der Waals surface area (Å²) < 4.78 is 103. The summed E-state index contributed by atoms with van der Waals surface area (Å²) in [6, 6.07) is 8.64.